The maximum Gasteiger partial charge on any atom is 0.254 e. The highest BCUT2D eigenvalue weighted by molar-refractivity contribution is 6.94. The number of carbonyl (C=O) groups excluding carboxylic acids is 1. The Labute approximate surface area is 139 Å². The third-order valence-electron chi connectivity index (χ3n) is 4.26. The summed E-state index contributed by atoms with van der Waals surface area (Å²) < 4.78 is 0. The number of rotatable bonds is 5. The number of hydrogen-bond donors (Lipinski definition) is 0. The average Bonchev–Trinajstić information content (AvgIpc) is 2.54. The summed E-state index contributed by atoms with van der Waals surface area (Å²) in [5.41, 5.74) is 1.48. The van der Waals surface area contributed by atoms with Gasteiger partial charge in [0, 0.05) is 24.2 Å². The summed E-state index contributed by atoms with van der Waals surface area (Å²) in [6.45, 7) is 9.95. The van der Waals surface area contributed by atoms with Gasteiger partial charge in [0.2, 0.25) is 0 Å². The Morgan fingerprint density at radius 1 is 1.09 bits per heavy atom. The number of alkyl halides is 1. The minimum Gasteiger partial charge on any atom is -0.339 e. The zero-order valence-electron chi connectivity index (χ0n) is 13.8. The van der Waals surface area contributed by atoms with Crippen LogP contribution in [-0.4, -0.2) is 37.5 Å². The van der Waals surface area contributed by atoms with Gasteiger partial charge in [-0.2, -0.15) is 0 Å². The molecule has 0 unspecified atom stereocenters. The largest absolute Gasteiger partial charge is 0.339 e. The molecule has 2 nitrogen and oxygen atoms in total. The van der Waals surface area contributed by atoms with Crippen LogP contribution in [0.5, 0.6) is 0 Å². The molecule has 2 aromatic carbocycles. The van der Waals surface area contributed by atoms with Crippen LogP contribution >= 0.6 is 11.6 Å². The quantitative estimate of drug-likeness (QED) is 0.598. The summed E-state index contributed by atoms with van der Waals surface area (Å²) in [6.07, 6.45) is 0. The molecule has 118 valence electrons. The van der Waals surface area contributed by atoms with Crippen molar-refractivity contribution in [2.75, 3.05) is 18.6 Å². The third kappa shape index (κ3) is 3.06. The second-order valence-electron chi connectivity index (χ2n) is 6.20. The zero-order valence-corrected chi connectivity index (χ0v) is 15.6. The first kappa shape index (κ1) is 17.0. The first-order chi connectivity index (χ1) is 10.5. The Morgan fingerprint density at radius 2 is 1.73 bits per heavy atom. The van der Waals surface area contributed by atoms with Gasteiger partial charge in [0.1, 0.15) is 0 Å². The molecular formula is C18H24ClNOSi. The predicted octanol–water partition coefficient (Wildman–Crippen LogP) is 4.02. The lowest BCUT2D eigenvalue weighted by Gasteiger charge is -2.27. The van der Waals surface area contributed by atoms with Crippen LogP contribution < -0.4 is 5.19 Å². The van der Waals surface area contributed by atoms with E-state index >= 15 is 0 Å². The van der Waals surface area contributed by atoms with Gasteiger partial charge in [-0.25, -0.2) is 0 Å². The number of carbonyl (C=O) groups is 1. The molecule has 0 fully saturated rings. The SMILES string of the molecule is CCN(CC)C(=O)c1c([Si](C)(C)CCl)ccc2ccccc12. The van der Waals surface area contributed by atoms with Crippen molar-refractivity contribution < 1.29 is 4.79 Å². The van der Waals surface area contributed by atoms with Crippen LogP contribution in [0.15, 0.2) is 36.4 Å². The molecule has 0 radical (unpaired) electrons. The third-order valence-corrected chi connectivity index (χ3v) is 8.80. The molecule has 2 aromatic rings. The molecule has 0 saturated carbocycles. The fourth-order valence-corrected chi connectivity index (χ4v) is 4.84. The van der Waals surface area contributed by atoms with Gasteiger partial charge in [-0.05, 0) is 29.8 Å². The monoisotopic (exact) mass is 333 g/mol. The number of halogens is 1. The molecule has 0 aliphatic carbocycles. The van der Waals surface area contributed by atoms with Crippen molar-refractivity contribution in [3.05, 3.63) is 42.0 Å². The van der Waals surface area contributed by atoms with Crippen LogP contribution in [0.25, 0.3) is 10.8 Å². The smallest absolute Gasteiger partial charge is 0.254 e. The van der Waals surface area contributed by atoms with Crippen LogP contribution in [-0.2, 0) is 0 Å². The van der Waals surface area contributed by atoms with Crippen molar-refractivity contribution in [3.63, 3.8) is 0 Å². The van der Waals surface area contributed by atoms with E-state index in [1.54, 1.807) is 0 Å². The number of benzene rings is 2. The molecule has 0 aliphatic heterocycles. The fraction of sp³-hybridized carbons (Fsp3) is 0.389. The van der Waals surface area contributed by atoms with Gasteiger partial charge in [0.25, 0.3) is 5.91 Å². The predicted molar refractivity (Wildman–Crippen MR) is 99.0 cm³/mol. The molecular weight excluding hydrogens is 310 g/mol. The van der Waals surface area contributed by atoms with E-state index in [4.69, 9.17) is 11.6 Å². The first-order valence-corrected chi connectivity index (χ1v) is 11.6. The molecule has 0 saturated heterocycles. The lowest BCUT2D eigenvalue weighted by atomic mass is 10.0. The highest BCUT2D eigenvalue weighted by atomic mass is 35.5. The van der Waals surface area contributed by atoms with Crippen molar-refractivity contribution in [1.29, 1.82) is 0 Å². The van der Waals surface area contributed by atoms with E-state index in [9.17, 15) is 4.79 Å². The maximum absolute atomic E-state index is 13.1. The molecule has 0 bridgehead atoms. The van der Waals surface area contributed by atoms with Gasteiger partial charge < -0.3 is 4.90 Å². The Morgan fingerprint density at radius 3 is 2.32 bits per heavy atom. The Balaban J connectivity index is 2.76. The first-order valence-electron chi connectivity index (χ1n) is 7.83. The molecule has 0 heterocycles. The second-order valence-corrected chi connectivity index (χ2v) is 11.6. The Hall–Kier alpha value is -1.32. The van der Waals surface area contributed by atoms with Crippen molar-refractivity contribution in [2.45, 2.75) is 26.9 Å². The minimum absolute atomic E-state index is 0.127. The summed E-state index contributed by atoms with van der Waals surface area (Å²) in [5, 5.41) is 3.32. The fourth-order valence-electron chi connectivity index (χ4n) is 2.81. The van der Waals surface area contributed by atoms with Crippen LogP contribution in [0, 0.1) is 0 Å². The highest BCUT2D eigenvalue weighted by Crippen LogP contribution is 2.22. The van der Waals surface area contributed by atoms with Gasteiger partial charge in [0.05, 0.1) is 8.07 Å². The molecule has 0 aliphatic rings. The van der Waals surface area contributed by atoms with Crippen molar-refractivity contribution in [2.24, 2.45) is 0 Å². The normalized spacial score (nSPS) is 11.7. The minimum atomic E-state index is -1.83. The van der Waals surface area contributed by atoms with Crippen LogP contribution in [0.2, 0.25) is 13.1 Å². The molecule has 22 heavy (non-hydrogen) atoms. The lowest BCUT2D eigenvalue weighted by molar-refractivity contribution is 0.0776. The van der Waals surface area contributed by atoms with Gasteiger partial charge in [-0.1, -0.05) is 49.5 Å². The van der Waals surface area contributed by atoms with Gasteiger partial charge in [0.15, 0.2) is 0 Å². The molecule has 1 amide bonds. The molecule has 0 aromatic heterocycles. The highest BCUT2D eigenvalue weighted by Gasteiger charge is 2.30. The second kappa shape index (κ2) is 6.84. The molecule has 4 heteroatoms. The number of nitrogens with zero attached hydrogens (tertiary/aromatic N) is 1. The average molecular weight is 334 g/mol. The topological polar surface area (TPSA) is 20.3 Å². The summed E-state index contributed by atoms with van der Waals surface area (Å²) in [7, 11) is -1.83. The van der Waals surface area contributed by atoms with Crippen molar-refractivity contribution in [1.82, 2.24) is 4.90 Å². The van der Waals surface area contributed by atoms with Crippen molar-refractivity contribution >= 4 is 41.5 Å². The van der Waals surface area contributed by atoms with Gasteiger partial charge in [-0.15, -0.1) is 11.6 Å². The molecule has 2 rings (SSSR count). The standard InChI is InChI=1S/C18H24ClNOSi/c1-5-20(6-2)18(21)17-15-10-8-7-9-14(15)11-12-16(17)22(3,4)13-19/h7-12H,5-6,13H2,1-4H3. The van der Waals surface area contributed by atoms with E-state index < -0.39 is 8.07 Å². The van der Waals surface area contributed by atoms with Gasteiger partial charge >= 0.3 is 0 Å². The Kier molecular flexibility index (Phi) is 5.30. The van der Waals surface area contributed by atoms with Crippen molar-refractivity contribution in [3.8, 4) is 0 Å². The molecule has 0 N–H and O–H groups in total. The summed E-state index contributed by atoms with van der Waals surface area (Å²) in [5.74, 6) is 0.127. The summed E-state index contributed by atoms with van der Waals surface area (Å²) >= 11 is 6.24. The number of hydrogen-bond acceptors (Lipinski definition) is 1. The maximum atomic E-state index is 13.1. The van der Waals surface area contributed by atoms with Gasteiger partial charge in [-0.3, -0.25) is 4.79 Å². The van der Waals surface area contributed by atoms with E-state index in [0.29, 0.717) is 5.50 Å². The molecule has 0 spiro atoms. The van der Waals surface area contributed by atoms with Crippen LogP contribution in [0.4, 0.5) is 0 Å². The summed E-state index contributed by atoms with van der Waals surface area (Å²) in [6, 6.07) is 12.4. The van der Waals surface area contributed by atoms with Crippen LogP contribution in [0.3, 0.4) is 0 Å². The van der Waals surface area contributed by atoms with E-state index in [-0.39, 0.29) is 5.91 Å². The Bertz CT molecular complexity index is 680. The number of fused-ring (bicyclic) bond motifs is 1. The van der Waals surface area contributed by atoms with E-state index in [0.717, 1.165) is 34.6 Å². The molecule has 0 atom stereocenters. The summed E-state index contributed by atoms with van der Waals surface area (Å²) in [4.78, 5) is 15.0. The zero-order chi connectivity index (χ0) is 16.3. The van der Waals surface area contributed by atoms with E-state index in [1.807, 2.05) is 36.9 Å². The van der Waals surface area contributed by atoms with E-state index in [2.05, 4.69) is 31.3 Å². The van der Waals surface area contributed by atoms with Crippen LogP contribution in [0.1, 0.15) is 24.2 Å². The van der Waals surface area contributed by atoms with E-state index in [1.165, 1.54) is 0 Å². The lowest BCUT2D eigenvalue weighted by Crippen LogP contribution is -2.48. The number of amides is 1.